The van der Waals surface area contributed by atoms with Gasteiger partial charge in [-0.1, -0.05) is 19.9 Å². The molecule has 1 atom stereocenters. The highest BCUT2D eigenvalue weighted by atomic mass is 19.1. The number of halogens is 1. The van der Waals surface area contributed by atoms with Crippen molar-refractivity contribution in [1.82, 2.24) is 4.90 Å². The highest BCUT2D eigenvalue weighted by molar-refractivity contribution is 4.96. The molecule has 0 bridgehead atoms. The zero-order valence-corrected chi connectivity index (χ0v) is 9.13. The highest BCUT2D eigenvalue weighted by Gasteiger charge is 2.15. The molecular weight excluding hydrogens is 181 g/mol. The van der Waals surface area contributed by atoms with Crippen molar-refractivity contribution < 1.29 is 9.13 Å². The van der Waals surface area contributed by atoms with Gasteiger partial charge >= 0.3 is 0 Å². The first-order chi connectivity index (χ1) is 6.74. The number of morpholine rings is 1. The fourth-order valence-electron chi connectivity index (χ4n) is 1.65. The minimum atomic E-state index is 0.0213. The Kier molecular flexibility index (Phi) is 5.12. The summed E-state index contributed by atoms with van der Waals surface area (Å²) in [5, 5.41) is 0. The van der Waals surface area contributed by atoms with E-state index in [-0.39, 0.29) is 11.7 Å². The van der Waals surface area contributed by atoms with E-state index in [2.05, 4.69) is 4.90 Å². The molecule has 14 heavy (non-hydrogen) atoms. The molecular formula is C11H20FNO. The van der Waals surface area contributed by atoms with Crippen LogP contribution < -0.4 is 0 Å². The van der Waals surface area contributed by atoms with Crippen molar-refractivity contribution in [2.75, 3.05) is 32.8 Å². The largest absolute Gasteiger partial charge is 0.379 e. The first kappa shape index (κ1) is 11.7. The van der Waals surface area contributed by atoms with Crippen LogP contribution in [0.3, 0.4) is 0 Å². The second-order valence-corrected chi connectivity index (χ2v) is 3.81. The Morgan fingerprint density at radius 2 is 2.14 bits per heavy atom. The Balaban J connectivity index is 2.31. The van der Waals surface area contributed by atoms with Crippen LogP contribution in [-0.2, 0) is 4.74 Å². The second kappa shape index (κ2) is 6.14. The van der Waals surface area contributed by atoms with E-state index in [9.17, 15) is 4.39 Å². The maximum Gasteiger partial charge on any atom is 0.100 e. The summed E-state index contributed by atoms with van der Waals surface area (Å²) in [5.74, 6) is 0.0482. The van der Waals surface area contributed by atoms with Gasteiger partial charge in [-0.2, -0.15) is 0 Å². The molecule has 1 rings (SSSR count). The molecule has 3 heteroatoms. The van der Waals surface area contributed by atoms with Crippen LogP contribution >= 0.6 is 0 Å². The van der Waals surface area contributed by atoms with Crippen molar-refractivity contribution in [3.8, 4) is 0 Å². The Labute approximate surface area is 85.7 Å². The number of hydrogen-bond acceptors (Lipinski definition) is 2. The molecule has 1 aliphatic heterocycles. The maximum absolute atomic E-state index is 13.4. The summed E-state index contributed by atoms with van der Waals surface area (Å²) in [7, 11) is 0. The fraction of sp³-hybridized carbons (Fsp3) is 0.818. The van der Waals surface area contributed by atoms with Crippen LogP contribution in [-0.4, -0.2) is 37.7 Å². The second-order valence-electron chi connectivity index (χ2n) is 3.81. The van der Waals surface area contributed by atoms with Crippen LogP contribution in [0.25, 0.3) is 0 Å². The molecule has 0 spiro atoms. The summed E-state index contributed by atoms with van der Waals surface area (Å²) in [6.07, 6.45) is 2.45. The number of rotatable bonds is 4. The SMILES string of the molecule is CC/C=C(/F)C(C)CN1CCOCC1. The molecule has 0 saturated carbocycles. The normalized spacial score (nSPS) is 22.4. The molecule has 0 aromatic carbocycles. The third-order valence-corrected chi connectivity index (χ3v) is 2.51. The molecule has 0 radical (unpaired) electrons. The molecule has 0 aromatic rings. The Bertz CT molecular complexity index is 188. The summed E-state index contributed by atoms with van der Waals surface area (Å²) < 4.78 is 18.6. The van der Waals surface area contributed by atoms with E-state index in [1.54, 1.807) is 6.08 Å². The lowest BCUT2D eigenvalue weighted by molar-refractivity contribution is 0.0326. The van der Waals surface area contributed by atoms with E-state index in [1.165, 1.54) is 0 Å². The van der Waals surface area contributed by atoms with Crippen molar-refractivity contribution >= 4 is 0 Å². The number of hydrogen-bond donors (Lipinski definition) is 0. The molecule has 1 saturated heterocycles. The van der Waals surface area contributed by atoms with Crippen LogP contribution in [0.4, 0.5) is 4.39 Å². The Morgan fingerprint density at radius 1 is 1.50 bits per heavy atom. The molecule has 1 unspecified atom stereocenters. The lowest BCUT2D eigenvalue weighted by Gasteiger charge is -2.28. The van der Waals surface area contributed by atoms with E-state index < -0.39 is 0 Å². The zero-order chi connectivity index (χ0) is 10.4. The van der Waals surface area contributed by atoms with Gasteiger partial charge in [0.05, 0.1) is 13.2 Å². The third-order valence-electron chi connectivity index (χ3n) is 2.51. The summed E-state index contributed by atoms with van der Waals surface area (Å²) in [6, 6.07) is 0. The molecule has 82 valence electrons. The average Bonchev–Trinajstić information content (AvgIpc) is 2.19. The molecule has 0 N–H and O–H groups in total. The first-order valence-electron chi connectivity index (χ1n) is 5.39. The third kappa shape index (κ3) is 3.76. The van der Waals surface area contributed by atoms with Gasteiger partial charge in [-0.25, -0.2) is 4.39 Å². The predicted molar refractivity (Wildman–Crippen MR) is 55.9 cm³/mol. The van der Waals surface area contributed by atoms with Crippen LogP contribution in [0.1, 0.15) is 20.3 Å². The molecule has 0 aliphatic carbocycles. The van der Waals surface area contributed by atoms with E-state index in [0.717, 1.165) is 39.3 Å². The van der Waals surface area contributed by atoms with Gasteiger partial charge in [0.2, 0.25) is 0 Å². The number of allylic oxidation sites excluding steroid dienone is 1. The van der Waals surface area contributed by atoms with Gasteiger partial charge in [-0.3, -0.25) is 4.90 Å². The summed E-state index contributed by atoms with van der Waals surface area (Å²) >= 11 is 0. The average molecular weight is 201 g/mol. The lowest BCUT2D eigenvalue weighted by atomic mass is 10.1. The van der Waals surface area contributed by atoms with E-state index >= 15 is 0 Å². The van der Waals surface area contributed by atoms with Gasteiger partial charge in [-0.15, -0.1) is 0 Å². The molecule has 1 aliphatic rings. The summed E-state index contributed by atoms with van der Waals surface area (Å²) in [4.78, 5) is 2.26. The van der Waals surface area contributed by atoms with Gasteiger partial charge in [0.1, 0.15) is 5.83 Å². The quantitative estimate of drug-likeness (QED) is 0.691. The Morgan fingerprint density at radius 3 is 2.71 bits per heavy atom. The van der Waals surface area contributed by atoms with Crippen LogP contribution in [0.15, 0.2) is 11.9 Å². The molecule has 1 fully saturated rings. The number of ether oxygens (including phenoxy) is 1. The smallest absolute Gasteiger partial charge is 0.100 e. The molecule has 1 heterocycles. The summed E-state index contributed by atoms with van der Waals surface area (Å²) in [5.41, 5.74) is 0. The van der Waals surface area contributed by atoms with Crippen LogP contribution in [0.5, 0.6) is 0 Å². The van der Waals surface area contributed by atoms with Crippen molar-refractivity contribution in [2.45, 2.75) is 20.3 Å². The van der Waals surface area contributed by atoms with E-state index in [4.69, 9.17) is 4.74 Å². The summed E-state index contributed by atoms with van der Waals surface area (Å²) in [6.45, 7) is 8.15. The molecule has 0 amide bonds. The van der Waals surface area contributed by atoms with Gasteiger partial charge in [0.25, 0.3) is 0 Å². The first-order valence-corrected chi connectivity index (χ1v) is 5.39. The van der Waals surface area contributed by atoms with E-state index in [0.29, 0.717) is 0 Å². The highest BCUT2D eigenvalue weighted by Crippen LogP contribution is 2.14. The van der Waals surface area contributed by atoms with Gasteiger partial charge in [-0.05, 0) is 6.42 Å². The topological polar surface area (TPSA) is 12.5 Å². The van der Waals surface area contributed by atoms with E-state index in [1.807, 2.05) is 13.8 Å². The van der Waals surface area contributed by atoms with Crippen LogP contribution in [0, 0.1) is 5.92 Å². The number of nitrogens with zero attached hydrogens (tertiary/aromatic N) is 1. The molecule has 0 aromatic heterocycles. The van der Waals surface area contributed by atoms with Crippen molar-refractivity contribution in [3.05, 3.63) is 11.9 Å². The van der Waals surface area contributed by atoms with Crippen molar-refractivity contribution in [3.63, 3.8) is 0 Å². The van der Waals surface area contributed by atoms with Gasteiger partial charge in [0.15, 0.2) is 0 Å². The standard InChI is InChI=1S/C11H20FNO/c1-3-4-11(12)10(2)9-13-5-7-14-8-6-13/h4,10H,3,5-9H2,1-2H3/b11-4+. The maximum atomic E-state index is 13.4. The van der Waals surface area contributed by atoms with Crippen molar-refractivity contribution in [1.29, 1.82) is 0 Å². The fourth-order valence-corrected chi connectivity index (χ4v) is 1.65. The monoisotopic (exact) mass is 201 g/mol. The Hall–Kier alpha value is -0.410. The lowest BCUT2D eigenvalue weighted by Crippen LogP contribution is -2.39. The van der Waals surface area contributed by atoms with Gasteiger partial charge in [0, 0.05) is 25.6 Å². The molecule has 2 nitrogen and oxygen atoms in total. The van der Waals surface area contributed by atoms with Crippen molar-refractivity contribution in [2.24, 2.45) is 5.92 Å². The zero-order valence-electron chi connectivity index (χ0n) is 9.13. The van der Waals surface area contributed by atoms with Crippen LogP contribution in [0.2, 0.25) is 0 Å². The van der Waals surface area contributed by atoms with Gasteiger partial charge < -0.3 is 4.74 Å². The predicted octanol–water partition coefficient (Wildman–Crippen LogP) is 2.22. The minimum Gasteiger partial charge on any atom is -0.379 e. The minimum absolute atomic E-state index is 0.0213.